The third kappa shape index (κ3) is 3.31. The monoisotopic (exact) mass is 220 g/mol. The van der Waals surface area contributed by atoms with Crippen LogP contribution >= 0.6 is 0 Å². The van der Waals surface area contributed by atoms with Crippen molar-refractivity contribution in [2.45, 2.75) is 53.0 Å². The zero-order valence-corrected chi connectivity index (χ0v) is 11.0. The van der Waals surface area contributed by atoms with Gasteiger partial charge in [-0.05, 0) is 37.8 Å². The van der Waals surface area contributed by atoms with Gasteiger partial charge in [-0.2, -0.15) is 0 Å². The lowest BCUT2D eigenvalue weighted by atomic mass is 9.91. The van der Waals surface area contributed by atoms with E-state index in [4.69, 9.17) is 5.73 Å². The standard InChI is InChI=1S/C14H24N2/c1-5-12(6-2)9-14(15)13-8-7-10(3)16-11(13)4/h7-8,12,14H,5-6,9,15H2,1-4H3. The first-order chi connectivity index (χ1) is 7.58. The van der Waals surface area contributed by atoms with Gasteiger partial charge < -0.3 is 5.73 Å². The number of hydrogen-bond donors (Lipinski definition) is 1. The van der Waals surface area contributed by atoms with Gasteiger partial charge in [0.25, 0.3) is 0 Å². The van der Waals surface area contributed by atoms with Crippen molar-refractivity contribution in [3.05, 3.63) is 29.1 Å². The molecule has 0 fully saturated rings. The minimum Gasteiger partial charge on any atom is -0.324 e. The summed E-state index contributed by atoms with van der Waals surface area (Å²) in [5.74, 6) is 0.732. The molecule has 1 unspecified atom stereocenters. The average molecular weight is 220 g/mol. The maximum Gasteiger partial charge on any atom is 0.0423 e. The molecule has 1 rings (SSSR count). The second-order valence-electron chi connectivity index (χ2n) is 4.65. The highest BCUT2D eigenvalue weighted by Gasteiger charge is 2.14. The average Bonchev–Trinajstić information content (AvgIpc) is 2.25. The van der Waals surface area contributed by atoms with Gasteiger partial charge in [0.15, 0.2) is 0 Å². The second-order valence-corrected chi connectivity index (χ2v) is 4.65. The molecular formula is C14H24N2. The van der Waals surface area contributed by atoms with Crippen molar-refractivity contribution in [2.24, 2.45) is 11.7 Å². The van der Waals surface area contributed by atoms with Crippen molar-refractivity contribution in [1.82, 2.24) is 4.98 Å². The fourth-order valence-electron chi connectivity index (χ4n) is 2.20. The summed E-state index contributed by atoms with van der Waals surface area (Å²) >= 11 is 0. The van der Waals surface area contributed by atoms with Gasteiger partial charge in [-0.1, -0.05) is 32.8 Å². The Morgan fingerprint density at radius 2 is 1.81 bits per heavy atom. The lowest BCUT2D eigenvalue weighted by molar-refractivity contribution is 0.413. The van der Waals surface area contributed by atoms with E-state index in [1.165, 1.54) is 18.4 Å². The number of pyridine rings is 1. The van der Waals surface area contributed by atoms with Crippen LogP contribution in [-0.2, 0) is 0 Å². The lowest BCUT2D eigenvalue weighted by Gasteiger charge is -2.19. The lowest BCUT2D eigenvalue weighted by Crippen LogP contribution is -2.16. The third-order valence-electron chi connectivity index (χ3n) is 3.41. The van der Waals surface area contributed by atoms with E-state index in [9.17, 15) is 0 Å². The van der Waals surface area contributed by atoms with Crippen molar-refractivity contribution < 1.29 is 0 Å². The van der Waals surface area contributed by atoms with E-state index in [1.807, 2.05) is 6.92 Å². The van der Waals surface area contributed by atoms with Gasteiger partial charge in [-0.15, -0.1) is 0 Å². The highest BCUT2D eigenvalue weighted by molar-refractivity contribution is 5.24. The smallest absolute Gasteiger partial charge is 0.0423 e. The van der Waals surface area contributed by atoms with E-state index in [2.05, 4.69) is 37.9 Å². The van der Waals surface area contributed by atoms with Gasteiger partial charge in [-0.3, -0.25) is 4.98 Å². The molecule has 1 heterocycles. The summed E-state index contributed by atoms with van der Waals surface area (Å²) in [6, 6.07) is 4.32. The molecule has 0 spiro atoms. The molecule has 2 heteroatoms. The van der Waals surface area contributed by atoms with E-state index in [-0.39, 0.29) is 6.04 Å². The van der Waals surface area contributed by atoms with E-state index in [1.54, 1.807) is 0 Å². The number of rotatable bonds is 5. The van der Waals surface area contributed by atoms with Crippen LogP contribution in [0, 0.1) is 19.8 Å². The second kappa shape index (κ2) is 6.00. The van der Waals surface area contributed by atoms with Gasteiger partial charge in [0.2, 0.25) is 0 Å². The van der Waals surface area contributed by atoms with Crippen LogP contribution < -0.4 is 5.73 Å². The molecule has 0 saturated heterocycles. The minimum atomic E-state index is 0.137. The molecule has 1 aromatic rings. The topological polar surface area (TPSA) is 38.9 Å². The molecular weight excluding hydrogens is 196 g/mol. The fourth-order valence-corrected chi connectivity index (χ4v) is 2.20. The fraction of sp³-hybridized carbons (Fsp3) is 0.643. The Balaban J connectivity index is 2.76. The Labute approximate surface area is 99.3 Å². The summed E-state index contributed by atoms with van der Waals surface area (Å²) in [6.07, 6.45) is 3.49. The Morgan fingerprint density at radius 3 is 2.31 bits per heavy atom. The van der Waals surface area contributed by atoms with Crippen LogP contribution in [0.3, 0.4) is 0 Å². The number of hydrogen-bond acceptors (Lipinski definition) is 2. The molecule has 2 nitrogen and oxygen atoms in total. The molecule has 1 atom stereocenters. The Bertz CT molecular complexity index is 330. The van der Waals surface area contributed by atoms with Gasteiger partial charge in [0.1, 0.15) is 0 Å². The maximum absolute atomic E-state index is 6.26. The van der Waals surface area contributed by atoms with Crippen molar-refractivity contribution in [2.75, 3.05) is 0 Å². The van der Waals surface area contributed by atoms with Crippen molar-refractivity contribution in [3.63, 3.8) is 0 Å². The van der Waals surface area contributed by atoms with Crippen LogP contribution in [0.25, 0.3) is 0 Å². The molecule has 90 valence electrons. The number of aryl methyl sites for hydroxylation is 2. The third-order valence-corrected chi connectivity index (χ3v) is 3.41. The van der Waals surface area contributed by atoms with Crippen molar-refractivity contribution >= 4 is 0 Å². The zero-order chi connectivity index (χ0) is 12.1. The predicted octanol–water partition coefficient (Wildman–Crippen LogP) is 3.52. The van der Waals surface area contributed by atoms with Crippen LogP contribution in [0.5, 0.6) is 0 Å². The van der Waals surface area contributed by atoms with E-state index in [0.29, 0.717) is 0 Å². The van der Waals surface area contributed by atoms with Crippen molar-refractivity contribution in [3.8, 4) is 0 Å². The maximum atomic E-state index is 6.26. The van der Waals surface area contributed by atoms with Crippen LogP contribution in [0.2, 0.25) is 0 Å². The summed E-state index contributed by atoms with van der Waals surface area (Å²) in [4.78, 5) is 4.47. The molecule has 0 aliphatic heterocycles. The van der Waals surface area contributed by atoms with Gasteiger partial charge in [0.05, 0.1) is 0 Å². The quantitative estimate of drug-likeness (QED) is 0.824. The molecule has 16 heavy (non-hydrogen) atoms. The molecule has 0 aliphatic rings. The first-order valence-electron chi connectivity index (χ1n) is 6.28. The number of nitrogens with zero attached hydrogens (tertiary/aromatic N) is 1. The number of aromatic nitrogens is 1. The minimum absolute atomic E-state index is 0.137. The van der Waals surface area contributed by atoms with E-state index < -0.39 is 0 Å². The predicted molar refractivity (Wildman–Crippen MR) is 69.3 cm³/mol. The molecule has 0 saturated carbocycles. The summed E-state index contributed by atoms with van der Waals surface area (Å²) in [5.41, 5.74) is 9.61. The molecule has 0 aromatic carbocycles. The molecule has 0 aliphatic carbocycles. The normalized spacial score (nSPS) is 13.1. The van der Waals surface area contributed by atoms with Crippen LogP contribution in [0.1, 0.15) is 56.1 Å². The SMILES string of the molecule is CCC(CC)CC(N)c1ccc(C)nc1C. The Morgan fingerprint density at radius 1 is 1.19 bits per heavy atom. The Kier molecular flexibility index (Phi) is 4.94. The first-order valence-corrected chi connectivity index (χ1v) is 6.28. The summed E-state index contributed by atoms with van der Waals surface area (Å²) in [6.45, 7) is 8.54. The van der Waals surface area contributed by atoms with Gasteiger partial charge in [0, 0.05) is 17.4 Å². The number of nitrogens with two attached hydrogens (primary N) is 1. The van der Waals surface area contributed by atoms with Crippen LogP contribution in [-0.4, -0.2) is 4.98 Å². The van der Waals surface area contributed by atoms with Crippen LogP contribution in [0.15, 0.2) is 12.1 Å². The van der Waals surface area contributed by atoms with E-state index in [0.717, 1.165) is 23.7 Å². The Hall–Kier alpha value is -0.890. The summed E-state index contributed by atoms with van der Waals surface area (Å²) in [7, 11) is 0. The summed E-state index contributed by atoms with van der Waals surface area (Å²) in [5, 5.41) is 0. The summed E-state index contributed by atoms with van der Waals surface area (Å²) < 4.78 is 0. The highest BCUT2D eigenvalue weighted by atomic mass is 14.7. The molecule has 1 aromatic heterocycles. The molecule has 0 radical (unpaired) electrons. The first kappa shape index (κ1) is 13.2. The van der Waals surface area contributed by atoms with Gasteiger partial charge >= 0.3 is 0 Å². The van der Waals surface area contributed by atoms with Crippen LogP contribution in [0.4, 0.5) is 0 Å². The van der Waals surface area contributed by atoms with Gasteiger partial charge in [-0.25, -0.2) is 0 Å². The molecule has 0 bridgehead atoms. The molecule has 2 N–H and O–H groups in total. The van der Waals surface area contributed by atoms with Crippen molar-refractivity contribution in [1.29, 1.82) is 0 Å². The zero-order valence-electron chi connectivity index (χ0n) is 11.0. The van der Waals surface area contributed by atoms with E-state index >= 15 is 0 Å². The highest BCUT2D eigenvalue weighted by Crippen LogP contribution is 2.24. The molecule has 0 amide bonds. The largest absolute Gasteiger partial charge is 0.324 e.